The maximum absolute atomic E-state index is 16.8. The van der Waals surface area contributed by atoms with E-state index in [1.165, 1.54) is 13.0 Å². The number of alkyl halides is 2. The molecule has 8 heteroatoms. The summed E-state index contributed by atoms with van der Waals surface area (Å²) in [5, 5.41) is 18.6. The number of ether oxygens (including phenoxy) is 1. The molecule has 6 nitrogen and oxygen atoms in total. The van der Waals surface area contributed by atoms with Crippen molar-refractivity contribution in [3.05, 3.63) is 11.6 Å². The number of aliphatic hydroxyl groups excluding tert-OH is 1. The second-order valence-electron chi connectivity index (χ2n) is 10.8. The molecule has 3 fully saturated rings. The number of fused-ring (bicyclic) bond motifs is 5. The Balaban J connectivity index is 1.59. The molecule has 0 aromatic heterocycles. The van der Waals surface area contributed by atoms with Crippen molar-refractivity contribution in [2.75, 3.05) is 0 Å². The number of ketones is 1. The normalized spacial score (nSPS) is 45.1. The van der Waals surface area contributed by atoms with E-state index < -0.39 is 58.7 Å². The van der Waals surface area contributed by atoms with Gasteiger partial charge in [-0.1, -0.05) is 13.8 Å². The summed E-state index contributed by atoms with van der Waals surface area (Å²) < 4.78 is 37.8. The first kappa shape index (κ1) is 23.3. The molecule has 9 atom stereocenters. The lowest BCUT2D eigenvalue weighted by molar-refractivity contribution is -0.183. The van der Waals surface area contributed by atoms with E-state index in [2.05, 4.69) is 0 Å². The van der Waals surface area contributed by atoms with Crippen molar-refractivity contribution in [2.24, 2.45) is 28.6 Å². The van der Waals surface area contributed by atoms with E-state index >= 15 is 8.78 Å². The lowest BCUT2D eigenvalue weighted by Crippen LogP contribution is -2.63. The van der Waals surface area contributed by atoms with Gasteiger partial charge in [0, 0.05) is 23.2 Å². The van der Waals surface area contributed by atoms with Gasteiger partial charge in [0.05, 0.1) is 5.92 Å². The molecule has 0 amide bonds. The summed E-state index contributed by atoms with van der Waals surface area (Å²) in [4.78, 5) is 35.4. The molecule has 4 rings (SSSR count). The summed E-state index contributed by atoms with van der Waals surface area (Å²) in [5.74, 6) is -4.39. The standard InChI is InChI=1S/C24H32F2O6/c1-12(19(28)20(29)30)21(31)32-18-5-4-14-15-11-17(25)16-10-13(27)6-7-23(16,3)24(15,26)9-8-22(14,18)2/h10,12,14-15,17-19,28H,4-9,11H2,1-3H3,(H,29,30)/t12?,14-,15-,17-,18+,19?,22-,23-,24+/m0/s1. The van der Waals surface area contributed by atoms with E-state index in [4.69, 9.17) is 9.84 Å². The Hall–Kier alpha value is -1.83. The predicted molar refractivity (Wildman–Crippen MR) is 110 cm³/mol. The smallest absolute Gasteiger partial charge is 0.333 e. The maximum atomic E-state index is 16.8. The Morgan fingerprint density at radius 2 is 1.88 bits per heavy atom. The van der Waals surface area contributed by atoms with Crippen molar-refractivity contribution in [2.45, 2.75) is 89.8 Å². The van der Waals surface area contributed by atoms with Gasteiger partial charge in [-0.25, -0.2) is 13.6 Å². The summed E-state index contributed by atoms with van der Waals surface area (Å²) >= 11 is 0. The van der Waals surface area contributed by atoms with Gasteiger partial charge >= 0.3 is 11.9 Å². The van der Waals surface area contributed by atoms with Crippen LogP contribution in [0.2, 0.25) is 0 Å². The van der Waals surface area contributed by atoms with Gasteiger partial charge in [-0.05, 0) is 63.0 Å². The van der Waals surface area contributed by atoms with Crippen LogP contribution in [0.15, 0.2) is 11.6 Å². The number of aliphatic carboxylic acids is 1. The highest BCUT2D eigenvalue weighted by molar-refractivity contribution is 5.92. The van der Waals surface area contributed by atoms with Crippen molar-refractivity contribution in [1.29, 1.82) is 0 Å². The van der Waals surface area contributed by atoms with Gasteiger partial charge in [0.15, 0.2) is 11.9 Å². The summed E-state index contributed by atoms with van der Waals surface area (Å²) in [5.41, 5.74) is -2.89. The van der Waals surface area contributed by atoms with E-state index in [9.17, 15) is 19.5 Å². The summed E-state index contributed by atoms with van der Waals surface area (Å²) in [6.07, 6.45) is -0.180. The van der Waals surface area contributed by atoms with Gasteiger partial charge in [-0.3, -0.25) is 9.59 Å². The van der Waals surface area contributed by atoms with Crippen molar-refractivity contribution >= 4 is 17.7 Å². The van der Waals surface area contributed by atoms with Gasteiger partial charge in [-0.15, -0.1) is 0 Å². The first-order valence-electron chi connectivity index (χ1n) is 11.5. The Morgan fingerprint density at radius 1 is 1.19 bits per heavy atom. The van der Waals surface area contributed by atoms with Gasteiger partial charge < -0.3 is 14.9 Å². The monoisotopic (exact) mass is 454 g/mol. The van der Waals surface area contributed by atoms with Crippen LogP contribution in [0.5, 0.6) is 0 Å². The lowest BCUT2D eigenvalue weighted by atomic mass is 9.45. The molecule has 0 aromatic rings. The molecule has 0 aliphatic heterocycles. The Labute approximate surface area is 186 Å². The zero-order valence-corrected chi connectivity index (χ0v) is 18.8. The fourth-order valence-corrected chi connectivity index (χ4v) is 7.17. The first-order valence-corrected chi connectivity index (χ1v) is 11.5. The maximum Gasteiger partial charge on any atom is 0.333 e. The highest BCUT2D eigenvalue weighted by Gasteiger charge is 2.69. The Kier molecular flexibility index (Phi) is 5.55. The van der Waals surface area contributed by atoms with Gasteiger partial charge in [0.1, 0.15) is 17.9 Å². The molecular weight excluding hydrogens is 422 g/mol. The number of halogens is 2. The fraction of sp³-hybridized carbons (Fsp3) is 0.792. The number of carboxylic acids is 1. The molecule has 2 unspecified atom stereocenters. The van der Waals surface area contributed by atoms with Gasteiger partial charge in [-0.2, -0.15) is 0 Å². The molecule has 0 saturated heterocycles. The van der Waals surface area contributed by atoms with Gasteiger partial charge in [0.2, 0.25) is 0 Å². The lowest BCUT2D eigenvalue weighted by Gasteiger charge is -2.61. The van der Waals surface area contributed by atoms with E-state index in [1.807, 2.05) is 6.92 Å². The number of carboxylic acid groups (broad SMARTS) is 1. The number of hydrogen-bond acceptors (Lipinski definition) is 5. The van der Waals surface area contributed by atoms with Crippen LogP contribution < -0.4 is 0 Å². The Morgan fingerprint density at radius 3 is 2.53 bits per heavy atom. The minimum atomic E-state index is -1.86. The topological polar surface area (TPSA) is 101 Å². The van der Waals surface area contributed by atoms with Crippen molar-refractivity contribution in [1.82, 2.24) is 0 Å². The molecule has 0 heterocycles. The number of carbonyl (C=O) groups excluding carboxylic acids is 2. The van der Waals surface area contributed by atoms with Crippen molar-refractivity contribution in [3.8, 4) is 0 Å². The third-order valence-corrected chi connectivity index (χ3v) is 9.32. The van der Waals surface area contributed by atoms with E-state index in [1.54, 1.807) is 6.92 Å². The number of esters is 1. The van der Waals surface area contributed by atoms with Crippen LogP contribution in [-0.2, 0) is 19.1 Å². The molecule has 0 radical (unpaired) electrons. The Bertz CT molecular complexity index is 873. The number of hydrogen-bond donors (Lipinski definition) is 2. The molecule has 32 heavy (non-hydrogen) atoms. The molecule has 0 spiro atoms. The van der Waals surface area contributed by atoms with Gasteiger partial charge in [0.25, 0.3) is 0 Å². The largest absolute Gasteiger partial charge is 0.479 e. The van der Waals surface area contributed by atoms with Crippen LogP contribution in [0.1, 0.15) is 65.7 Å². The zero-order valence-electron chi connectivity index (χ0n) is 18.8. The average molecular weight is 455 g/mol. The number of allylic oxidation sites excluding steroid dienone is 1. The summed E-state index contributed by atoms with van der Waals surface area (Å²) in [6.45, 7) is 5.01. The van der Waals surface area contributed by atoms with Crippen LogP contribution in [0.25, 0.3) is 0 Å². The van der Waals surface area contributed by atoms with E-state index in [0.29, 0.717) is 31.3 Å². The molecular formula is C24H32F2O6. The zero-order chi connectivity index (χ0) is 23.6. The molecule has 0 aromatic carbocycles. The predicted octanol–water partition coefficient (Wildman–Crippen LogP) is 3.55. The van der Waals surface area contributed by atoms with Crippen molar-refractivity contribution in [3.63, 3.8) is 0 Å². The SMILES string of the molecule is CC(C(=O)O[C@@H]1CC[C@H]2[C@@H]3C[C@H](F)C4=CC(=O)CC[C@]4(C)[C@@]3(F)CC[C@]12C)C(O)C(=O)O. The van der Waals surface area contributed by atoms with E-state index in [0.717, 1.165) is 0 Å². The third-order valence-electron chi connectivity index (χ3n) is 9.32. The molecule has 4 aliphatic carbocycles. The molecule has 3 saturated carbocycles. The number of rotatable bonds is 4. The van der Waals surface area contributed by atoms with E-state index in [-0.39, 0.29) is 31.0 Å². The highest BCUT2D eigenvalue weighted by Crippen LogP contribution is 2.69. The molecule has 178 valence electrons. The van der Waals surface area contributed by atoms with Crippen LogP contribution in [0.4, 0.5) is 8.78 Å². The fourth-order valence-electron chi connectivity index (χ4n) is 7.17. The second-order valence-corrected chi connectivity index (χ2v) is 10.8. The molecule has 0 bridgehead atoms. The van der Waals surface area contributed by atoms with Crippen LogP contribution >= 0.6 is 0 Å². The highest BCUT2D eigenvalue weighted by atomic mass is 19.1. The van der Waals surface area contributed by atoms with Crippen LogP contribution in [0.3, 0.4) is 0 Å². The minimum absolute atomic E-state index is 0.0141. The number of aliphatic hydroxyl groups is 1. The second kappa shape index (κ2) is 7.61. The molecule has 2 N–H and O–H groups in total. The molecule has 4 aliphatic rings. The number of carbonyl (C=O) groups is 3. The minimum Gasteiger partial charge on any atom is -0.479 e. The average Bonchev–Trinajstić information content (AvgIpc) is 3.06. The first-order chi connectivity index (χ1) is 14.8. The quantitative estimate of drug-likeness (QED) is 0.630. The van der Waals surface area contributed by atoms with Crippen LogP contribution in [-0.4, -0.2) is 52.0 Å². The third kappa shape index (κ3) is 3.16. The van der Waals surface area contributed by atoms with Crippen molar-refractivity contribution < 1.29 is 38.1 Å². The van der Waals surface area contributed by atoms with Crippen LogP contribution in [0, 0.1) is 28.6 Å². The summed E-state index contributed by atoms with van der Waals surface area (Å²) in [7, 11) is 0. The summed E-state index contributed by atoms with van der Waals surface area (Å²) in [6, 6.07) is 0.